The summed E-state index contributed by atoms with van der Waals surface area (Å²) in [7, 11) is 0. The third kappa shape index (κ3) is 7.25. The van der Waals surface area contributed by atoms with Crippen molar-refractivity contribution in [1.82, 2.24) is 4.90 Å². The van der Waals surface area contributed by atoms with E-state index in [9.17, 15) is 14.7 Å². The van der Waals surface area contributed by atoms with Crippen molar-refractivity contribution in [3.8, 4) is 0 Å². The van der Waals surface area contributed by atoms with Gasteiger partial charge in [-0.15, -0.1) is 6.58 Å². The van der Waals surface area contributed by atoms with Crippen LogP contribution in [-0.2, 0) is 9.59 Å². The van der Waals surface area contributed by atoms with Crippen LogP contribution in [0.3, 0.4) is 0 Å². The maximum absolute atomic E-state index is 11.1. The van der Waals surface area contributed by atoms with E-state index < -0.39 is 18.1 Å². The fraction of sp³-hybridized carbons (Fsp3) is 0.714. The minimum absolute atomic E-state index is 0.231. The number of carboxylic acid groups (broad SMARTS) is 1. The fourth-order valence-electron chi connectivity index (χ4n) is 2.26. The van der Waals surface area contributed by atoms with E-state index in [0.717, 1.165) is 12.8 Å². The molecule has 1 saturated heterocycles. The van der Waals surface area contributed by atoms with Crippen LogP contribution in [0.15, 0.2) is 12.7 Å². The molecule has 1 fully saturated rings. The third-order valence-corrected chi connectivity index (χ3v) is 3.12. The molecule has 1 heterocycles. The number of aliphatic carboxylic acids is 1. The highest BCUT2D eigenvalue weighted by Crippen LogP contribution is 2.24. The van der Waals surface area contributed by atoms with Crippen molar-refractivity contribution in [3.05, 3.63) is 12.7 Å². The summed E-state index contributed by atoms with van der Waals surface area (Å²) in [6.45, 7) is 8.17. The number of carbonyl (C=O) groups is 2. The number of β-amino-alcohol motifs (C(OH)–C–C–N with tert-alkyl or cyclic N) is 1. The Balaban J connectivity index is 0.000000796. The molecule has 0 aromatic heterocycles. The molecule has 1 aliphatic heterocycles. The lowest BCUT2D eigenvalue weighted by molar-refractivity contribution is -0.142. The lowest BCUT2D eigenvalue weighted by atomic mass is 10.1. The molecule has 4 N–H and O–H groups in total. The molecule has 20 heavy (non-hydrogen) atoms. The average Bonchev–Trinajstić information content (AvgIpc) is 2.71. The lowest BCUT2D eigenvalue weighted by Gasteiger charge is -2.23. The number of aliphatic hydroxyl groups is 1. The number of rotatable bonds is 6. The van der Waals surface area contributed by atoms with Crippen LogP contribution in [0.25, 0.3) is 0 Å². The predicted molar refractivity (Wildman–Crippen MR) is 77.1 cm³/mol. The van der Waals surface area contributed by atoms with Crippen LogP contribution in [0, 0.1) is 5.92 Å². The van der Waals surface area contributed by atoms with E-state index in [1.54, 1.807) is 0 Å². The highest BCUT2D eigenvalue weighted by atomic mass is 16.4. The van der Waals surface area contributed by atoms with Gasteiger partial charge in [0.15, 0.2) is 0 Å². The van der Waals surface area contributed by atoms with Gasteiger partial charge in [0.05, 0.1) is 6.10 Å². The molecule has 0 bridgehead atoms. The van der Waals surface area contributed by atoms with Gasteiger partial charge >= 0.3 is 5.97 Å². The molecule has 0 aliphatic carbocycles. The standard InChI is InChI=1S/C12H21NO3.C2H5NO/c1-3-5-10(14)8-13-7-9(4-2)6-11(13)12(15)16;1-2(3)4/h4,9-11,14H,2-3,5-8H2,1H3,(H,15,16);1H3,(H2,3,4). The number of hydrogen-bond donors (Lipinski definition) is 3. The molecule has 116 valence electrons. The van der Waals surface area contributed by atoms with Crippen molar-refractivity contribution < 1.29 is 19.8 Å². The van der Waals surface area contributed by atoms with Crippen LogP contribution in [0.1, 0.15) is 33.1 Å². The van der Waals surface area contributed by atoms with Crippen molar-refractivity contribution in [2.24, 2.45) is 11.7 Å². The first-order valence-electron chi connectivity index (χ1n) is 6.85. The molecule has 6 nitrogen and oxygen atoms in total. The van der Waals surface area contributed by atoms with Crippen molar-refractivity contribution >= 4 is 11.9 Å². The summed E-state index contributed by atoms with van der Waals surface area (Å²) in [4.78, 5) is 22.1. The van der Waals surface area contributed by atoms with Crippen molar-refractivity contribution in [2.75, 3.05) is 13.1 Å². The summed E-state index contributed by atoms with van der Waals surface area (Å²) < 4.78 is 0. The second kappa shape index (κ2) is 9.50. The molecule has 0 radical (unpaired) electrons. The smallest absolute Gasteiger partial charge is 0.320 e. The zero-order valence-corrected chi connectivity index (χ0v) is 12.3. The SMILES string of the molecule is C=CC1CC(C(=O)O)N(CC(O)CCC)C1.CC(N)=O. The van der Waals surface area contributed by atoms with Crippen molar-refractivity contribution in [3.63, 3.8) is 0 Å². The van der Waals surface area contributed by atoms with Gasteiger partial charge in [-0.1, -0.05) is 19.4 Å². The van der Waals surface area contributed by atoms with Gasteiger partial charge in [0.2, 0.25) is 5.91 Å². The Morgan fingerprint density at radius 3 is 2.50 bits per heavy atom. The van der Waals surface area contributed by atoms with Gasteiger partial charge in [-0.25, -0.2) is 0 Å². The van der Waals surface area contributed by atoms with Crippen LogP contribution in [0.5, 0.6) is 0 Å². The van der Waals surface area contributed by atoms with Crippen molar-refractivity contribution in [1.29, 1.82) is 0 Å². The number of likely N-dealkylation sites (tertiary alicyclic amines) is 1. The normalized spacial score (nSPS) is 23.6. The Labute approximate surface area is 120 Å². The van der Waals surface area contributed by atoms with Gasteiger partial charge in [-0.2, -0.15) is 0 Å². The fourth-order valence-corrected chi connectivity index (χ4v) is 2.26. The molecular formula is C14H26N2O4. The zero-order chi connectivity index (χ0) is 15.7. The minimum Gasteiger partial charge on any atom is -0.480 e. The highest BCUT2D eigenvalue weighted by molar-refractivity contribution is 5.74. The highest BCUT2D eigenvalue weighted by Gasteiger charge is 2.35. The van der Waals surface area contributed by atoms with E-state index in [0.29, 0.717) is 19.5 Å². The Kier molecular flexibility index (Phi) is 8.83. The molecule has 1 rings (SSSR count). The van der Waals surface area contributed by atoms with E-state index in [1.165, 1.54) is 6.92 Å². The summed E-state index contributed by atoms with van der Waals surface area (Å²) in [5.74, 6) is -0.900. The first kappa shape index (κ1) is 18.6. The summed E-state index contributed by atoms with van der Waals surface area (Å²) in [6.07, 6.45) is 3.63. The summed E-state index contributed by atoms with van der Waals surface area (Å²) in [5, 5.41) is 18.8. The molecule has 0 spiro atoms. The van der Waals surface area contributed by atoms with E-state index in [4.69, 9.17) is 5.11 Å². The predicted octanol–water partition coefficient (Wildman–Crippen LogP) is 0.600. The topological polar surface area (TPSA) is 104 Å². The number of carbonyl (C=O) groups excluding carboxylic acids is 1. The van der Waals surface area contributed by atoms with E-state index in [2.05, 4.69) is 12.3 Å². The summed E-state index contributed by atoms with van der Waals surface area (Å²) >= 11 is 0. The Hall–Kier alpha value is -1.40. The Bertz CT molecular complexity index is 329. The number of aliphatic hydroxyl groups excluding tert-OH is 1. The third-order valence-electron chi connectivity index (χ3n) is 3.12. The van der Waals surface area contributed by atoms with E-state index in [-0.39, 0.29) is 11.8 Å². The molecule has 3 unspecified atom stereocenters. The number of nitrogens with zero attached hydrogens (tertiary/aromatic N) is 1. The number of nitrogens with two attached hydrogens (primary N) is 1. The van der Waals surface area contributed by atoms with Crippen LogP contribution >= 0.6 is 0 Å². The Morgan fingerprint density at radius 1 is 1.55 bits per heavy atom. The van der Waals surface area contributed by atoms with Gasteiger partial charge in [0, 0.05) is 20.0 Å². The number of amides is 1. The van der Waals surface area contributed by atoms with Crippen molar-refractivity contribution in [2.45, 2.75) is 45.3 Å². The molecular weight excluding hydrogens is 260 g/mol. The van der Waals surface area contributed by atoms with Gasteiger partial charge in [0.1, 0.15) is 6.04 Å². The van der Waals surface area contributed by atoms with Crippen LogP contribution in [0.4, 0.5) is 0 Å². The average molecular weight is 286 g/mol. The minimum atomic E-state index is -0.798. The van der Waals surface area contributed by atoms with Gasteiger partial charge in [-0.3, -0.25) is 14.5 Å². The first-order valence-corrected chi connectivity index (χ1v) is 6.85. The van der Waals surface area contributed by atoms with Gasteiger partial charge < -0.3 is 15.9 Å². The quantitative estimate of drug-likeness (QED) is 0.620. The van der Waals surface area contributed by atoms with E-state index in [1.807, 2.05) is 17.9 Å². The second-order valence-electron chi connectivity index (χ2n) is 5.09. The molecule has 0 aromatic rings. The number of carboxylic acids is 1. The molecule has 1 amide bonds. The maximum Gasteiger partial charge on any atom is 0.320 e. The molecule has 3 atom stereocenters. The molecule has 1 aliphatic rings. The van der Waals surface area contributed by atoms with Gasteiger partial charge in [0.25, 0.3) is 0 Å². The molecule has 6 heteroatoms. The monoisotopic (exact) mass is 286 g/mol. The molecule has 0 saturated carbocycles. The lowest BCUT2D eigenvalue weighted by Crippen LogP contribution is -2.40. The summed E-state index contributed by atoms with van der Waals surface area (Å²) in [5.41, 5.74) is 4.47. The zero-order valence-electron chi connectivity index (χ0n) is 12.3. The number of hydrogen-bond acceptors (Lipinski definition) is 4. The number of primary amides is 1. The largest absolute Gasteiger partial charge is 0.480 e. The van der Waals surface area contributed by atoms with Gasteiger partial charge in [-0.05, 0) is 18.8 Å². The van der Waals surface area contributed by atoms with Crippen LogP contribution < -0.4 is 5.73 Å². The second-order valence-corrected chi connectivity index (χ2v) is 5.09. The van der Waals surface area contributed by atoms with Crippen LogP contribution in [0.2, 0.25) is 0 Å². The first-order chi connectivity index (χ1) is 9.31. The Morgan fingerprint density at radius 2 is 2.10 bits per heavy atom. The van der Waals surface area contributed by atoms with E-state index >= 15 is 0 Å². The van der Waals surface area contributed by atoms with Crippen LogP contribution in [-0.4, -0.2) is 52.2 Å². The maximum atomic E-state index is 11.1. The molecule has 0 aromatic carbocycles. The summed E-state index contributed by atoms with van der Waals surface area (Å²) in [6, 6.07) is -0.463.